The van der Waals surface area contributed by atoms with Gasteiger partial charge in [0.25, 0.3) is 0 Å². The first-order chi connectivity index (χ1) is 8.31. The molecule has 2 aliphatic rings. The fourth-order valence-electron chi connectivity index (χ4n) is 2.51. The van der Waals surface area contributed by atoms with Crippen LogP contribution in [0.5, 0.6) is 0 Å². The SMILES string of the molecule is O=C(COC1CCCCC1)N(CCO)C1CC1. The molecule has 2 rings (SSSR count). The summed E-state index contributed by atoms with van der Waals surface area (Å²) in [5.41, 5.74) is 0. The molecule has 0 bridgehead atoms. The maximum atomic E-state index is 11.9. The third-order valence-corrected chi connectivity index (χ3v) is 3.64. The monoisotopic (exact) mass is 241 g/mol. The van der Waals surface area contributed by atoms with Crippen LogP contribution in [0.2, 0.25) is 0 Å². The average molecular weight is 241 g/mol. The Labute approximate surface area is 103 Å². The van der Waals surface area contributed by atoms with Crippen molar-refractivity contribution in [2.75, 3.05) is 19.8 Å². The van der Waals surface area contributed by atoms with Gasteiger partial charge in [0, 0.05) is 12.6 Å². The lowest BCUT2D eigenvalue weighted by atomic mass is 9.98. The van der Waals surface area contributed by atoms with Gasteiger partial charge in [-0.25, -0.2) is 0 Å². The van der Waals surface area contributed by atoms with E-state index in [0.717, 1.165) is 25.7 Å². The Morgan fingerprint density at radius 2 is 1.88 bits per heavy atom. The van der Waals surface area contributed by atoms with Crippen LogP contribution in [0.25, 0.3) is 0 Å². The maximum absolute atomic E-state index is 11.9. The molecule has 0 radical (unpaired) electrons. The van der Waals surface area contributed by atoms with Crippen LogP contribution in [0.15, 0.2) is 0 Å². The van der Waals surface area contributed by atoms with Gasteiger partial charge >= 0.3 is 0 Å². The zero-order chi connectivity index (χ0) is 12.1. The number of aliphatic hydroxyl groups excluding tert-OH is 1. The number of carbonyl (C=O) groups is 1. The Hall–Kier alpha value is -0.610. The number of aliphatic hydroxyl groups is 1. The van der Waals surface area contributed by atoms with Crippen molar-refractivity contribution < 1.29 is 14.6 Å². The third kappa shape index (κ3) is 3.96. The highest BCUT2D eigenvalue weighted by atomic mass is 16.5. The molecule has 0 heterocycles. The van der Waals surface area contributed by atoms with E-state index in [-0.39, 0.29) is 25.2 Å². The van der Waals surface area contributed by atoms with Crippen LogP contribution in [0, 0.1) is 0 Å². The molecule has 2 saturated carbocycles. The minimum absolute atomic E-state index is 0.0473. The lowest BCUT2D eigenvalue weighted by Crippen LogP contribution is -2.39. The molecule has 0 aromatic rings. The van der Waals surface area contributed by atoms with Crippen LogP contribution >= 0.6 is 0 Å². The molecule has 0 unspecified atom stereocenters. The van der Waals surface area contributed by atoms with Gasteiger partial charge in [-0.05, 0) is 25.7 Å². The van der Waals surface area contributed by atoms with Gasteiger partial charge in [-0.3, -0.25) is 4.79 Å². The quantitative estimate of drug-likeness (QED) is 0.763. The molecule has 2 aliphatic carbocycles. The van der Waals surface area contributed by atoms with Gasteiger partial charge in [-0.1, -0.05) is 19.3 Å². The molecule has 1 N–H and O–H groups in total. The van der Waals surface area contributed by atoms with Gasteiger partial charge in [0.15, 0.2) is 0 Å². The van der Waals surface area contributed by atoms with Gasteiger partial charge in [0.2, 0.25) is 5.91 Å². The van der Waals surface area contributed by atoms with E-state index in [1.54, 1.807) is 4.90 Å². The molecule has 98 valence electrons. The summed E-state index contributed by atoms with van der Waals surface area (Å²) in [5.74, 6) is 0.0483. The number of carbonyl (C=O) groups excluding carboxylic acids is 1. The predicted molar refractivity (Wildman–Crippen MR) is 64.6 cm³/mol. The molecule has 17 heavy (non-hydrogen) atoms. The number of nitrogens with zero attached hydrogens (tertiary/aromatic N) is 1. The largest absolute Gasteiger partial charge is 0.395 e. The summed E-state index contributed by atoms with van der Waals surface area (Å²) < 4.78 is 5.68. The molecule has 0 aliphatic heterocycles. The summed E-state index contributed by atoms with van der Waals surface area (Å²) >= 11 is 0. The summed E-state index contributed by atoms with van der Waals surface area (Å²) in [6.45, 7) is 0.699. The van der Waals surface area contributed by atoms with Gasteiger partial charge in [0.1, 0.15) is 6.61 Å². The van der Waals surface area contributed by atoms with E-state index < -0.39 is 0 Å². The first-order valence-electron chi connectivity index (χ1n) is 6.83. The van der Waals surface area contributed by atoms with Crippen LogP contribution < -0.4 is 0 Å². The van der Waals surface area contributed by atoms with Gasteiger partial charge in [-0.15, -0.1) is 0 Å². The molecule has 2 fully saturated rings. The number of hydrogen-bond acceptors (Lipinski definition) is 3. The molecule has 0 atom stereocenters. The van der Waals surface area contributed by atoms with Crippen molar-refractivity contribution in [1.82, 2.24) is 4.90 Å². The fraction of sp³-hybridized carbons (Fsp3) is 0.923. The Balaban J connectivity index is 1.70. The highest BCUT2D eigenvalue weighted by Crippen LogP contribution is 2.27. The second-order valence-electron chi connectivity index (χ2n) is 5.11. The van der Waals surface area contributed by atoms with Crippen LogP contribution in [0.4, 0.5) is 0 Å². The van der Waals surface area contributed by atoms with E-state index in [0.29, 0.717) is 12.6 Å². The molecule has 0 aromatic carbocycles. The van der Waals surface area contributed by atoms with Crippen molar-refractivity contribution in [3.8, 4) is 0 Å². The lowest BCUT2D eigenvalue weighted by Gasteiger charge is -2.25. The number of amides is 1. The standard InChI is InChI=1S/C13H23NO3/c15-9-8-14(11-6-7-11)13(16)10-17-12-4-2-1-3-5-12/h11-12,15H,1-10H2. The van der Waals surface area contributed by atoms with E-state index in [4.69, 9.17) is 9.84 Å². The van der Waals surface area contributed by atoms with Gasteiger partial charge in [0.05, 0.1) is 12.7 Å². The number of ether oxygens (including phenoxy) is 1. The van der Waals surface area contributed by atoms with Crippen molar-refractivity contribution in [2.24, 2.45) is 0 Å². The summed E-state index contributed by atoms with van der Waals surface area (Å²) in [6, 6.07) is 0.365. The van der Waals surface area contributed by atoms with E-state index in [9.17, 15) is 4.79 Å². The maximum Gasteiger partial charge on any atom is 0.248 e. The Bertz CT molecular complexity index is 247. The van der Waals surface area contributed by atoms with Crippen molar-refractivity contribution in [1.29, 1.82) is 0 Å². The highest BCUT2D eigenvalue weighted by molar-refractivity contribution is 5.78. The van der Waals surface area contributed by atoms with Gasteiger partial charge < -0.3 is 14.7 Å². The van der Waals surface area contributed by atoms with Crippen molar-refractivity contribution in [3.05, 3.63) is 0 Å². The summed E-state index contributed by atoms with van der Waals surface area (Å²) in [6.07, 6.45) is 8.37. The summed E-state index contributed by atoms with van der Waals surface area (Å²) in [7, 11) is 0. The van der Waals surface area contributed by atoms with E-state index in [2.05, 4.69) is 0 Å². The average Bonchev–Trinajstić information content (AvgIpc) is 3.18. The minimum Gasteiger partial charge on any atom is -0.395 e. The molecule has 0 spiro atoms. The summed E-state index contributed by atoms with van der Waals surface area (Å²) in [5, 5.41) is 8.94. The predicted octanol–water partition coefficient (Wildman–Crippen LogP) is 1.32. The van der Waals surface area contributed by atoms with E-state index in [1.807, 2.05) is 0 Å². The zero-order valence-electron chi connectivity index (χ0n) is 10.4. The number of hydrogen-bond donors (Lipinski definition) is 1. The molecular formula is C13H23NO3. The third-order valence-electron chi connectivity index (χ3n) is 3.64. The van der Waals surface area contributed by atoms with E-state index >= 15 is 0 Å². The summed E-state index contributed by atoms with van der Waals surface area (Å²) in [4.78, 5) is 13.7. The minimum atomic E-state index is 0.0473. The first kappa shape index (κ1) is 12.8. The Morgan fingerprint density at radius 3 is 2.47 bits per heavy atom. The highest BCUT2D eigenvalue weighted by Gasteiger charge is 2.32. The van der Waals surface area contributed by atoms with Gasteiger partial charge in [-0.2, -0.15) is 0 Å². The van der Waals surface area contributed by atoms with E-state index in [1.165, 1.54) is 19.3 Å². The smallest absolute Gasteiger partial charge is 0.248 e. The Kier molecular flexibility index (Phi) is 4.80. The fourth-order valence-corrected chi connectivity index (χ4v) is 2.51. The topological polar surface area (TPSA) is 49.8 Å². The van der Waals surface area contributed by atoms with Crippen molar-refractivity contribution in [3.63, 3.8) is 0 Å². The number of rotatable bonds is 6. The lowest BCUT2D eigenvalue weighted by molar-refractivity contribution is -0.140. The molecule has 4 heteroatoms. The molecule has 0 aromatic heterocycles. The van der Waals surface area contributed by atoms with Crippen molar-refractivity contribution in [2.45, 2.75) is 57.1 Å². The first-order valence-corrected chi connectivity index (χ1v) is 6.83. The second-order valence-corrected chi connectivity index (χ2v) is 5.11. The van der Waals surface area contributed by atoms with Crippen LogP contribution in [-0.4, -0.2) is 47.8 Å². The van der Waals surface area contributed by atoms with Crippen LogP contribution in [0.3, 0.4) is 0 Å². The van der Waals surface area contributed by atoms with Crippen molar-refractivity contribution >= 4 is 5.91 Å². The molecule has 4 nitrogen and oxygen atoms in total. The van der Waals surface area contributed by atoms with Crippen LogP contribution in [0.1, 0.15) is 44.9 Å². The molecular weight excluding hydrogens is 218 g/mol. The zero-order valence-corrected chi connectivity index (χ0v) is 10.4. The Morgan fingerprint density at radius 1 is 1.18 bits per heavy atom. The molecule has 0 saturated heterocycles. The molecule has 1 amide bonds. The normalized spacial score (nSPS) is 21.5. The second kappa shape index (κ2) is 6.36. The van der Waals surface area contributed by atoms with Crippen LogP contribution in [-0.2, 0) is 9.53 Å².